The van der Waals surface area contributed by atoms with Crippen LogP contribution in [0.2, 0.25) is 0 Å². The number of methoxy groups -OCH3 is 2. The second-order valence-electron chi connectivity index (χ2n) is 4.95. The lowest BCUT2D eigenvalue weighted by molar-refractivity contribution is -0.221. The van der Waals surface area contributed by atoms with Gasteiger partial charge >= 0.3 is 5.97 Å². The summed E-state index contributed by atoms with van der Waals surface area (Å²) in [7, 11) is 2.98. The van der Waals surface area contributed by atoms with Crippen molar-refractivity contribution < 1.29 is 23.8 Å². The molecule has 0 fully saturated rings. The van der Waals surface area contributed by atoms with Crippen molar-refractivity contribution in [3.05, 3.63) is 34.1 Å². The number of carboxylic acid groups (broad SMARTS) is 1. The molecule has 1 atom stereocenters. The summed E-state index contributed by atoms with van der Waals surface area (Å²) in [5.74, 6) is -2.74. The van der Waals surface area contributed by atoms with Gasteiger partial charge in [-0.1, -0.05) is 22.9 Å². The molecule has 118 valence electrons. The third-order valence-electron chi connectivity index (χ3n) is 3.53. The third-order valence-corrected chi connectivity index (χ3v) is 3.98. The lowest BCUT2D eigenvalue weighted by Gasteiger charge is -2.32. The topological polar surface area (TPSA) is 55.8 Å². The number of rotatable bonds is 8. The van der Waals surface area contributed by atoms with E-state index in [0.29, 0.717) is 29.3 Å². The second kappa shape index (κ2) is 7.87. The molecule has 0 heterocycles. The molecule has 0 aliphatic heterocycles. The Morgan fingerprint density at radius 2 is 2.00 bits per heavy atom. The Hall–Kier alpha value is -0.980. The number of hydrogen-bond donors (Lipinski definition) is 1. The standard InChI is InChI=1S/C15H20BrFO4/c1-10(14(18)19)5-4-6-15(20-2,21-3)11-7-12(16)9-13(17)8-11/h7-10H,4-6H2,1-3H3,(H,18,19). The summed E-state index contributed by atoms with van der Waals surface area (Å²) < 4.78 is 25.1. The highest BCUT2D eigenvalue weighted by Crippen LogP contribution is 2.34. The highest BCUT2D eigenvalue weighted by atomic mass is 79.9. The average molecular weight is 363 g/mol. The van der Waals surface area contributed by atoms with E-state index in [0.717, 1.165) is 0 Å². The van der Waals surface area contributed by atoms with Crippen LogP contribution in [0.1, 0.15) is 31.7 Å². The molecule has 0 radical (unpaired) electrons. The Labute approximate surface area is 132 Å². The van der Waals surface area contributed by atoms with Crippen LogP contribution in [0.4, 0.5) is 4.39 Å². The monoisotopic (exact) mass is 362 g/mol. The van der Waals surface area contributed by atoms with Crippen LogP contribution in [0, 0.1) is 11.7 Å². The molecule has 21 heavy (non-hydrogen) atoms. The van der Waals surface area contributed by atoms with Gasteiger partial charge in [0.05, 0.1) is 5.92 Å². The molecule has 1 rings (SSSR count). The van der Waals surface area contributed by atoms with Crippen LogP contribution in [-0.4, -0.2) is 25.3 Å². The fourth-order valence-corrected chi connectivity index (χ4v) is 2.67. The highest BCUT2D eigenvalue weighted by molar-refractivity contribution is 9.10. The SMILES string of the molecule is COC(CCCC(C)C(=O)O)(OC)c1cc(F)cc(Br)c1. The third kappa shape index (κ3) is 4.76. The number of carboxylic acids is 1. The largest absolute Gasteiger partial charge is 0.481 e. The number of ether oxygens (including phenoxy) is 2. The van der Waals surface area contributed by atoms with Gasteiger partial charge in [-0.15, -0.1) is 0 Å². The first-order valence-electron chi connectivity index (χ1n) is 6.64. The van der Waals surface area contributed by atoms with Gasteiger partial charge in [0.1, 0.15) is 5.82 Å². The molecule has 1 aromatic rings. The van der Waals surface area contributed by atoms with Crippen molar-refractivity contribution in [3.63, 3.8) is 0 Å². The maximum absolute atomic E-state index is 13.6. The molecule has 0 aromatic heterocycles. The molecular weight excluding hydrogens is 343 g/mol. The van der Waals surface area contributed by atoms with Gasteiger partial charge in [-0.05, 0) is 31.0 Å². The molecule has 1 unspecified atom stereocenters. The molecule has 0 saturated carbocycles. The van der Waals surface area contributed by atoms with E-state index in [2.05, 4.69) is 15.9 Å². The molecule has 1 aromatic carbocycles. The number of halogens is 2. The number of benzene rings is 1. The van der Waals surface area contributed by atoms with Crippen LogP contribution in [0.5, 0.6) is 0 Å². The van der Waals surface area contributed by atoms with E-state index < -0.39 is 23.5 Å². The number of carbonyl (C=O) groups is 1. The normalized spacial score (nSPS) is 13.2. The van der Waals surface area contributed by atoms with Crippen LogP contribution in [0.15, 0.2) is 22.7 Å². The van der Waals surface area contributed by atoms with Crippen molar-refractivity contribution in [1.29, 1.82) is 0 Å². The van der Waals surface area contributed by atoms with Crippen molar-refractivity contribution in [2.45, 2.75) is 32.0 Å². The first-order valence-corrected chi connectivity index (χ1v) is 7.43. The maximum atomic E-state index is 13.6. The van der Waals surface area contributed by atoms with Crippen LogP contribution >= 0.6 is 15.9 Å². The van der Waals surface area contributed by atoms with Crippen molar-refractivity contribution in [1.82, 2.24) is 0 Å². The van der Waals surface area contributed by atoms with Crippen LogP contribution in [-0.2, 0) is 20.1 Å². The minimum absolute atomic E-state index is 0.392. The van der Waals surface area contributed by atoms with E-state index in [1.807, 2.05) is 0 Å². The fourth-order valence-electron chi connectivity index (χ4n) is 2.21. The van der Waals surface area contributed by atoms with Crippen molar-refractivity contribution in [2.24, 2.45) is 5.92 Å². The van der Waals surface area contributed by atoms with Gasteiger partial charge in [0.15, 0.2) is 5.79 Å². The van der Waals surface area contributed by atoms with E-state index in [1.165, 1.54) is 26.4 Å². The van der Waals surface area contributed by atoms with E-state index >= 15 is 0 Å². The lowest BCUT2D eigenvalue weighted by Crippen LogP contribution is -2.31. The van der Waals surface area contributed by atoms with Crippen LogP contribution in [0.25, 0.3) is 0 Å². The predicted octanol–water partition coefficient (Wildman–Crippen LogP) is 3.92. The van der Waals surface area contributed by atoms with Crippen molar-refractivity contribution in [2.75, 3.05) is 14.2 Å². The molecule has 0 spiro atoms. The van der Waals surface area contributed by atoms with Crippen LogP contribution in [0.3, 0.4) is 0 Å². The minimum Gasteiger partial charge on any atom is -0.481 e. The van der Waals surface area contributed by atoms with E-state index in [-0.39, 0.29) is 0 Å². The summed E-state index contributed by atoms with van der Waals surface area (Å²) >= 11 is 3.25. The van der Waals surface area contributed by atoms with Gasteiger partial charge in [-0.25, -0.2) is 4.39 Å². The Morgan fingerprint density at radius 1 is 1.38 bits per heavy atom. The van der Waals surface area contributed by atoms with Crippen molar-refractivity contribution >= 4 is 21.9 Å². The van der Waals surface area contributed by atoms with Gasteiger partial charge in [-0.2, -0.15) is 0 Å². The van der Waals surface area contributed by atoms with Gasteiger partial charge in [0.25, 0.3) is 0 Å². The molecule has 0 bridgehead atoms. The molecule has 0 saturated heterocycles. The Bertz CT molecular complexity index is 468. The molecule has 4 nitrogen and oxygen atoms in total. The van der Waals surface area contributed by atoms with Gasteiger partial charge in [0, 0.05) is 30.7 Å². The fraction of sp³-hybridized carbons (Fsp3) is 0.533. The Balaban J connectivity index is 2.89. The minimum atomic E-state index is -1.08. The quantitative estimate of drug-likeness (QED) is 0.712. The first-order chi connectivity index (χ1) is 9.84. The first kappa shape index (κ1) is 18.1. The van der Waals surface area contributed by atoms with Gasteiger partial charge in [0.2, 0.25) is 0 Å². The van der Waals surface area contributed by atoms with E-state index in [1.54, 1.807) is 13.0 Å². The molecule has 0 aliphatic rings. The van der Waals surface area contributed by atoms with Crippen molar-refractivity contribution in [3.8, 4) is 0 Å². The summed E-state index contributed by atoms with van der Waals surface area (Å²) in [6, 6.07) is 4.45. The summed E-state index contributed by atoms with van der Waals surface area (Å²) in [5.41, 5.74) is 0.558. The molecule has 1 N–H and O–H groups in total. The van der Waals surface area contributed by atoms with E-state index in [4.69, 9.17) is 14.6 Å². The molecule has 6 heteroatoms. The van der Waals surface area contributed by atoms with E-state index in [9.17, 15) is 9.18 Å². The summed E-state index contributed by atoms with van der Waals surface area (Å²) in [4.78, 5) is 10.8. The lowest BCUT2D eigenvalue weighted by atomic mass is 9.96. The number of aliphatic carboxylic acids is 1. The van der Waals surface area contributed by atoms with Gasteiger partial charge in [-0.3, -0.25) is 4.79 Å². The number of hydrogen-bond acceptors (Lipinski definition) is 3. The molecule has 0 amide bonds. The average Bonchev–Trinajstić information content (AvgIpc) is 2.42. The smallest absolute Gasteiger partial charge is 0.306 e. The Kier molecular flexibility index (Phi) is 6.77. The Morgan fingerprint density at radius 3 is 2.48 bits per heavy atom. The molecule has 0 aliphatic carbocycles. The van der Waals surface area contributed by atoms with Gasteiger partial charge < -0.3 is 14.6 Å². The summed E-state index contributed by atoms with van der Waals surface area (Å²) in [6.07, 6.45) is 1.52. The zero-order valence-corrected chi connectivity index (χ0v) is 13.9. The van der Waals surface area contributed by atoms with Crippen LogP contribution < -0.4 is 0 Å². The zero-order chi connectivity index (χ0) is 16.0. The zero-order valence-electron chi connectivity index (χ0n) is 12.4. The molecular formula is C15H20BrFO4. The maximum Gasteiger partial charge on any atom is 0.306 e. The summed E-state index contributed by atoms with van der Waals surface area (Å²) in [6.45, 7) is 1.66. The predicted molar refractivity (Wildman–Crippen MR) is 80.4 cm³/mol. The second-order valence-corrected chi connectivity index (χ2v) is 5.87. The highest BCUT2D eigenvalue weighted by Gasteiger charge is 2.32. The summed E-state index contributed by atoms with van der Waals surface area (Å²) in [5, 5.41) is 8.90.